The van der Waals surface area contributed by atoms with E-state index in [4.69, 9.17) is 19.9 Å². The van der Waals surface area contributed by atoms with Gasteiger partial charge in [-0.15, -0.1) is 0 Å². The molecule has 28 heavy (non-hydrogen) atoms. The molecule has 0 aromatic heterocycles. The van der Waals surface area contributed by atoms with Crippen LogP contribution in [0.2, 0.25) is 0 Å². The second-order valence-electron chi connectivity index (χ2n) is 7.07. The van der Waals surface area contributed by atoms with E-state index in [9.17, 15) is 21.6 Å². The highest BCUT2D eigenvalue weighted by molar-refractivity contribution is 7.88. The van der Waals surface area contributed by atoms with Gasteiger partial charge in [0.25, 0.3) is 6.02 Å². The Morgan fingerprint density at radius 3 is 2.75 bits per heavy atom. The van der Waals surface area contributed by atoms with Crippen molar-refractivity contribution in [1.82, 2.24) is 0 Å². The smallest absolute Gasteiger partial charge is 0.484 e. The number of nitrogens with zero attached hydrogens (tertiary/aromatic N) is 1. The molecule has 4 rings (SSSR count). The summed E-state index contributed by atoms with van der Waals surface area (Å²) in [6, 6.07) is 3.48. The summed E-state index contributed by atoms with van der Waals surface area (Å²) in [6.07, 6.45) is 0.787. The number of ether oxygens (including phenoxy) is 3. The molecule has 0 saturated carbocycles. The molecular weight excluding hydrogens is 405 g/mol. The quantitative estimate of drug-likeness (QED) is 0.572. The number of halogens is 3. The third-order valence-corrected chi connectivity index (χ3v) is 6.07. The van der Waals surface area contributed by atoms with Crippen LogP contribution < -0.4 is 14.7 Å². The van der Waals surface area contributed by atoms with Crippen LogP contribution in [0.15, 0.2) is 23.2 Å². The molecular formula is C16H17F3N2O6S. The molecule has 3 atom stereocenters. The Morgan fingerprint density at radius 1 is 1.36 bits per heavy atom. The lowest BCUT2D eigenvalue weighted by atomic mass is 9.72. The zero-order valence-electron chi connectivity index (χ0n) is 14.7. The van der Waals surface area contributed by atoms with Gasteiger partial charge in [0.1, 0.15) is 29.8 Å². The van der Waals surface area contributed by atoms with E-state index in [-0.39, 0.29) is 18.2 Å². The minimum Gasteiger partial charge on any atom is -0.484 e. The van der Waals surface area contributed by atoms with Crippen molar-refractivity contribution in [3.63, 3.8) is 0 Å². The van der Waals surface area contributed by atoms with Crippen LogP contribution in [0.5, 0.6) is 11.5 Å². The number of hydrogen-bond acceptors (Lipinski definition) is 8. The van der Waals surface area contributed by atoms with Crippen LogP contribution in [0.1, 0.15) is 25.3 Å². The second-order valence-corrected chi connectivity index (χ2v) is 8.61. The highest BCUT2D eigenvalue weighted by atomic mass is 32.2. The zero-order chi connectivity index (χ0) is 20.4. The minimum absolute atomic E-state index is 0.0229. The van der Waals surface area contributed by atoms with E-state index in [2.05, 4.69) is 9.18 Å². The fraction of sp³-hybridized carbons (Fsp3) is 0.562. The Hall–Kier alpha value is -2.21. The number of hydrogen-bond donors (Lipinski definition) is 1. The maximum absolute atomic E-state index is 12.7. The minimum atomic E-state index is -5.82. The molecule has 1 saturated heterocycles. The molecule has 3 heterocycles. The molecule has 2 N–H and O–H groups in total. The molecule has 3 aliphatic rings. The second kappa shape index (κ2) is 5.89. The lowest BCUT2D eigenvalue weighted by Gasteiger charge is -2.51. The Morgan fingerprint density at radius 2 is 2.11 bits per heavy atom. The molecule has 0 aliphatic carbocycles. The van der Waals surface area contributed by atoms with Crippen molar-refractivity contribution in [1.29, 1.82) is 0 Å². The van der Waals surface area contributed by atoms with E-state index < -0.39 is 38.6 Å². The highest BCUT2D eigenvalue weighted by Gasteiger charge is 2.61. The molecule has 8 nitrogen and oxygen atoms in total. The zero-order valence-corrected chi connectivity index (χ0v) is 15.5. The largest absolute Gasteiger partial charge is 0.534 e. The van der Waals surface area contributed by atoms with Crippen molar-refractivity contribution in [3.8, 4) is 11.5 Å². The van der Waals surface area contributed by atoms with Gasteiger partial charge in [0, 0.05) is 12.2 Å². The fourth-order valence-electron chi connectivity index (χ4n) is 3.95. The number of rotatable bonds is 2. The van der Waals surface area contributed by atoms with Gasteiger partial charge < -0.3 is 24.1 Å². The first-order chi connectivity index (χ1) is 13.0. The molecule has 1 fully saturated rings. The molecule has 154 valence electrons. The third-order valence-electron chi connectivity index (χ3n) is 5.09. The van der Waals surface area contributed by atoms with E-state index >= 15 is 0 Å². The Labute approximate surface area is 158 Å². The van der Waals surface area contributed by atoms with Crippen molar-refractivity contribution >= 4 is 16.1 Å². The summed E-state index contributed by atoms with van der Waals surface area (Å²) in [4.78, 5) is 4.38. The van der Waals surface area contributed by atoms with Crippen LogP contribution in [-0.2, 0) is 25.1 Å². The number of nitrogens with two attached hydrogens (primary N) is 1. The van der Waals surface area contributed by atoms with Crippen LogP contribution in [0, 0.1) is 0 Å². The summed E-state index contributed by atoms with van der Waals surface area (Å²) in [7, 11) is -5.82. The van der Waals surface area contributed by atoms with Gasteiger partial charge in [-0.2, -0.15) is 21.6 Å². The van der Waals surface area contributed by atoms with Gasteiger partial charge in [0.2, 0.25) is 0 Å². The van der Waals surface area contributed by atoms with Gasteiger partial charge in [0.15, 0.2) is 5.54 Å². The molecule has 3 unspecified atom stereocenters. The van der Waals surface area contributed by atoms with Crippen LogP contribution in [-0.4, -0.2) is 44.9 Å². The Balaban J connectivity index is 1.82. The molecule has 1 aromatic rings. The molecule has 0 radical (unpaired) electrons. The molecule has 0 bridgehead atoms. The standard InChI is InChI=1S/C16H17F3N2O6S/c1-14-5-2-6-24-12(14)15(8-25-13(20)21-15)10-7-9(3-4-11(10)26-14)27-28(22,23)16(17,18)19/h3-4,7,12H,2,5-6,8H2,1H3,(H2,20,21). The van der Waals surface area contributed by atoms with Crippen molar-refractivity contribution < 1.29 is 40.0 Å². The molecule has 1 aromatic carbocycles. The normalized spacial score (nSPS) is 32.0. The van der Waals surface area contributed by atoms with Crippen molar-refractivity contribution in [2.24, 2.45) is 10.7 Å². The summed E-state index contributed by atoms with van der Waals surface area (Å²) in [5.74, 6) is -0.206. The van der Waals surface area contributed by atoms with E-state index in [1.807, 2.05) is 6.92 Å². The van der Waals surface area contributed by atoms with E-state index in [1.165, 1.54) is 6.07 Å². The summed E-state index contributed by atoms with van der Waals surface area (Å²) >= 11 is 0. The lowest BCUT2D eigenvalue weighted by Crippen LogP contribution is -2.62. The predicted molar refractivity (Wildman–Crippen MR) is 89.3 cm³/mol. The average molecular weight is 422 g/mol. The molecule has 3 aliphatic heterocycles. The van der Waals surface area contributed by atoms with E-state index in [0.717, 1.165) is 18.6 Å². The molecule has 1 spiro atoms. The topological polar surface area (TPSA) is 109 Å². The molecule has 0 amide bonds. The first-order valence-corrected chi connectivity index (χ1v) is 9.82. The fourth-order valence-corrected chi connectivity index (χ4v) is 4.40. The monoisotopic (exact) mass is 422 g/mol. The van der Waals surface area contributed by atoms with Gasteiger partial charge in [-0.05, 0) is 38.0 Å². The van der Waals surface area contributed by atoms with Crippen molar-refractivity contribution in [2.75, 3.05) is 13.2 Å². The maximum atomic E-state index is 12.7. The van der Waals surface area contributed by atoms with E-state index in [0.29, 0.717) is 18.8 Å². The summed E-state index contributed by atoms with van der Waals surface area (Å²) in [5, 5.41) is 0. The summed E-state index contributed by atoms with van der Waals surface area (Å²) < 4.78 is 82.3. The number of amidine groups is 1. The maximum Gasteiger partial charge on any atom is 0.534 e. The van der Waals surface area contributed by atoms with Gasteiger partial charge in [0.05, 0.1) is 0 Å². The molecule has 12 heteroatoms. The van der Waals surface area contributed by atoms with Crippen molar-refractivity contribution in [3.05, 3.63) is 23.8 Å². The third kappa shape index (κ3) is 2.77. The average Bonchev–Trinajstić information content (AvgIpc) is 2.97. The van der Waals surface area contributed by atoms with Gasteiger partial charge >= 0.3 is 15.6 Å². The Kier molecular flexibility index (Phi) is 4.03. The summed E-state index contributed by atoms with van der Waals surface area (Å²) in [6.45, 7) is 2.27. The van der Waals surface area contributed by atoms with Crippen LogP contribution in [0.3, 0.4) is 0 Å². The predicted octanol–water partition coefficient (Wildman–Crippen LogP) is 1.79. The van der Waals surface area contributed by atoms with Crippen molar-refractivity contribution in [2.45, 2.75) is 42.5 Å². The van der Waals surface area contributed by atoms with Crippen LogP contribution in [0.4, 0.5) is 13.2 Å². The van der Waals surface area contributed by atoms with Gasteiger partial charge in [-0.3, -0.25) is 0 Å². The van der Waals surface area contributed by atoms with Crippen LogP contribution in [0.25, 0.3) is 0 Å². The first kappa shape index (κ1) is 19.1. The number of benzene rings is 1. The SMILES string of the molecule is CC12CCCOC1C1(COC(N)=N1)c1cc(OS(=O)(=O)C(F)(F)F)ccc1O2. The number of alkyl halides is 3. The number of aliphatic imine (C=N–C) groups is 1. The summed E-state index contributed by atoms with van der Waals surface area (Å²) in [5.41, 5.74) is -1.50. The lowest BCUT2D eigenvalue weighted by molar-refractivity contribution is -0.167. The number of fused-ring (bicyclic) bond motifs is 4. The Bertz CT molecular complexity index is 950. The van der Waals surface area contributed by atoms with E-state index in [1.54, 1.807) is 0 Å². The van der Waals surface area contributed by atoms with Gasteiger partial charge in [-0.25, -0.2) is 4.99 Å². The van der Waals surface area contributed by atoms with Gasteiger partial charge in [-0.1, -0.05) is 0 Å². The highest BCUT2D eigenvalue weighted by Crippen LogP contribution is 2.52. The van der Waals surface area contributed by atoms with Crippen LogP contribution >= 0.6 is 0 Å². The first-order valence-electron chi connectivity index (χ1n) is 8.41.